The van der Waals surface area contributed by atoms with Crippen LogP contribution in [0.2, 0.25) is 0 Å². The number of fused-ring (bicyclic) bond motifs is 4. The molecule has 3 heterocycles. The molecule has 0 aliphatic carbocycles. The van der Waals surface area contributed by atoms with Gasteiger partial charge in [-0.3, -0.25) is 14.3 Å². The van der Waals surface area contributed by atoms with Crippen molar-refractivity contribution in [3.05, 3.63) is 58.0 Å². The van der Waals surface area contributed by atoms with Crippen LogP contribution in [0.1, 0.15) is 41.7 Å². The lowest BCUT2D eigenvalue weighted by atomic mass is 9.83. The Bertz CT molecular complexity index is 1140. The number of carbonyl (C=O) groups is 1. The molecule has 1 N–H and O–H groups in total. The molecule has 9 heteroatoms. The summed E-state index contributed by atoms with van der Waals surface area (Å²) in [6.07, 6.45) is 1.39. The summed E-state index contributed by atoms with van der Waals surface area (Å²) in [6.45, 7) is 3.35. The Labute approximate surface area is 181 Å². The van der Waals surface area contributed by atoms with E-state index < -0.39 is 10.0 Å². The van der Waals surface area contributed by atoms with Crippen molar-refractivity contribution < 1.29 is 17.9 Å². The predicted octanol–water partition coefficient (Wildman–Crippen LogP) is 2.27. The second kappa shape index (κ2) is 8.37. The van der Waals surface area contributed by atoms with E-state index in [0.717, 1.165) is 12.1 Å². The fraction of sp³-hybridized carbons (Fsp3) is 0.455. The van der Waals surface area contributed by atoms with Gasteiger partial charge < -0.3 is 14.2 Å². The van der Waals surface area contributed by atoms with Crippen LogP contribution in [0, 0.1) is 5.92 Å². The first-order valence-electron chi connectivity index (χ1n) is 10.5. The number of nitrogens with zero attached hydrogens (tertiary/aromatic N) is 2. The number of aromatic nitrogens is 1. The average Bonchev–Trinajstić information content (AvgIpc) is 2.75. The number of amides is 1. The molecule has 2 aliphatic heterocycles. The van der Waals surface area contributed by atoms with Crippen LogP contribution in [0.4, 0.5) is 5.69 Å². The highest BCUT2D eigenvalue weighted by atomic mass is 32.2. The molecule has 166 valence electrons. The molecule has 0 radical (unpaired) electrons. The lowest BCUT2D eigenvalue weighted by Crippen LogP contribution is -2.49. The second-order valence-electron chi connectivity index (χ2n) is 8.25. The maximum Gasteiger partial charge on any atom is 0.275 e. The van der Waals surface area contributed by atoms with Crippen LogP contribution < -0.4 is 15.0 Å². The van der Waals surface area contributed by atoms with E-state index in [9.17, 15) is 18.0 Å². The van der Waals surface area contributed by atoms with Crippen LogP contribution in [-0.2, 0) is 16.6 Å². The van der Waals surface area contributed by atoms with Gasteiger partial charge in [-0.05, 0) is 55.2 Å². The number of benzene rings is 1. The average molecular weight is 446 g/mol. The molecule has 1 aromatic heterocycles. The highest BCUT2D eigenvalue weighted by Crippen LogP contribution is 2.36. The first-order valence-corrected chi connectivity index (χ1v) is 12.1. The number of likely N-dealkylation sites (tertiary alicyclic amines) is 1. The summed E-state index contributed by atoms with van der Waals surface area (Å²) in [5.74, 6) is 0.835. The zero-order valence-electron chi connectivity index (χ0n) is 17.7. The number of nitrogens with one attached hydrogen (secondary N) is 1. The molecule has 1 amide bonds. The fourth-order valence-corrected chi connectivity index (χ4v) is 5.72. The highest BCUT2D eigenvalue weighted by Gasteiger charge is 2.37. The van der Waals surface area contributed by atoms with Gasteiger partial charge in [0.25, 0.3) is 11.5 Å². The minimum absolute atomic E-state index is 0.0259. The van der Waals surface area contributed by atoms with Crippen LogP contribution in [-0.4, -0.2) is 49.7 Å². The monoisotopic (exact) mass is 445 g/mol. The summed E-state index contributed by atoms with van der Waals surface area (Å²) in [4.78, 5) is 27.8. The first-order chi connectivity index (χ1) is 14.8. The van der Waals surface area contributed by atoms with Gasteiger partial charge >= 0.3 is 0 Å². The van der Waals surface area contributed by atoms with Crippen molar-refractivity contribution >= 4 is 21.6 Å². The number of piperidine rings is 1. The van der Waals surface area contributed by atoms with Crippen LogP contribution in [0.25, 0.3) is 0 Å². The van der Waals surface area contributed by atoms with Gasteiger partial charge in [0.15, 0.2) is 0 Å². The number of rotatable bonds is 6. The minimum atomic E-state index is -3.53. The van der Waals surface area contributed by atoms with Crippen molar-refractivity contribution in [2.24, 2.45) is 5.92 Å². The molecule has 2 atom stereocenters. The molecule has 1 aromatic carbocycles. The summed E-state index contributed by atoms with van der Waals surface area (Å²) in [5, 5.41) is 0. The van der Waals surface area contributed by atoms with Gasteiger partial charge in [-0.1, -0.05) is 6.92 Å². The van der Waals surface area contributed by atoms with E-state index in [-0.39, 0.29) is 34.7 Å². The first kappa shape index (κ1) is 21.4. The number of ether oxygens (including phenoxy) is 1. The maximum atomic E-state index is 13.0. The Hall–Kier alpha value is -2.81. The topological polar surface area (TPSA) is 97.7 Å². The van der Waals surface area contributed by atoms with Gasteiger partial charge in [-0.2, -0.15) is 0 Å². The number of methoxy groups -OCH3 is 1. The van der Waals surface area contributed by atoms with Gasteiger partial charge in [0.1, 0.15) is 11.4 Å². The third-order valence-corrected chi connectivity index (χ3v) is 7.44. The van der Waals surface area contributed by atoms with E-state index in [0.29, 0.717) is 37.4 Å². The fourth-order valence-electron chi connectivity index (χ4n) is 4.59. The Kier molecular flexibility index (Phi) is 5.79. The molecule has 2 unspecified atom stereocenters. The van der Waals surface area contributed by atoms with Crippen LogP contribution in [0.3, 0.4) is 0 Å². The van der Waals surface area contributed by atoms with Crippen LogP contribution >= 0.6 is 0 Å². The molecule has 31 heavy (non-hydrogen) atoms. The van der Waals surface area contributed by atoms with Crippen molar-refractivity contribution in [2.45, 2.75) is 32.2 Å². The summed E-state index contributed by atoms with van der Waals surface area (Å²) < 4.78 is 33.5. The van der Waals surface area contributed by atoms with E-state index in [1.807, 2.05) is 11.0 Å². The molecule has 2 aromatic rings. The van der Waals surface area contributed by atoms with Crippen molar-refractivity contribution in [1.82, 2.24) is 9.47 Å². The van der Waals surface area contributed by atoms with Gasteiger partial charge in [-0.25, -0.2) is 8.42 Å². The quantitative estimate of drug-likeness (QED) is 0.736. The standard InChI is InChI=1S/C22H27N3O5S/c1-3-10-31(28,29)23-19-8-9-20-17-11-15(13-25(20)22(19)27)12-24(14-17)21(26)16-4-6-18(30-2)7-5-16/h4-9,15,17,23H,3,10-14H2,1-2H3. The van der Waals surface area contributed by atoms with Crippen molar-refractivity contribution in [1.29, 1.82) is 0 Å². The van der Waals surface area contributed by atoms with Gasteiger partial charge in [0, 0.05) is 36.8 Å². The van der Waals surface area contributed by atoms with E-state index >= 15 is 0 Å². The summed E-state index contributed by atoms with van der Waals surface area (Å²) in [7, 11) is -1.95. The third kappa shape index (κ3) is 4.32. The molecule has 8 nitrogen and oxygen atoms in total. The number of pyridine rings is 1. The maximum absolute atomic E-state index is 13.0. The van der Waals surface area contributed by atoms with Crippen LogP contribution in [0.15, 0.2) is 41.2 Å². The van der Waals surface area contributed by atoms with Gasteiger partial charge in [0.05, 0.1) is 12.9 Å². The Morgan fingerprint density at radius 1 is 1.13 bits per heavy atom. The molecule has 2 aliphatic rings. The molecule has 2 bridgehead atoms. The number of anilines is 1. The minimum Gasteiger partial charge on any atom is -0.497 e. The Morgan fingerprint density at radius 2 is 1.87 bits per heavy atom. The van der Waals surface area contributed by atoms with E-state index in [4.69, 9.17) is 4.74 Å². The second-order valence-corrected chi connectivity index (χ2v) is 10.1. The molecule has 0 spiro atoms. The van der Waals surface area contributed by atoms with Crippen molar-refractivity contribution in [3.8, 4) is 5.75 Å². The third-order valence-electron chi connectivity index (χ3n) is 5.97. The SMILES string of the molecule is CCCS(=O)(=O)Nc1ccc2n(c1=O)CC1CC2CN(C(=O)c2ccc(OC)cc2)C1. The lowest BCUT2D eigenvalue weighted by Gasteiger charge is -2.43. The smallest absolute Gasteiger partial charge is 0.275 e. The summed E-state index contributed by atoms with van der Waals surface area (Å²) in [5.41, 5.74) is 1.23. The molecular weight excluding hydrogens is 418 g/mol. The molecule has 4 rings (SSSR count). The molecule has 0 saturated carbocycles. The largest absolute Gasteiger partial charge is 0.497 e. The van der Waals surface area contributed by atoms with Gasteiger partial charge in [0.2, 0.25) is 10.0 Å². The van der Waals surface area contributed by atoms with Gasteiger partial charge in [-0.15, -0.1) is 0 Å². The zero-order chi connectivity index (χ0) is 22.2. The van der Waals surface area contributed by atoms with Crippen molar-refractivity contribution in [3.63, 3.8) is 0 Å². The molecular formula is C22H27N3O5S. The normalized spacial score (nSPS) is 20.1. The van der Waals surface area contributed by atoms with E-state index in [2.05, 4.69) is 4.72 Å². The number of sulfonamides is 1. The number of carbonyl (C=O) groups excluding carboxylic acids is 1. The van der Waals surface area contributed by atoms with Crippen molar-refractivity contribution in [2.75, 3.05) is 30.7 Å². The lowest BCUT2D eigenvalue weighted by molar-refractivity contribution is 0.0594. The summed E-state index contributed by atoms with van der Waals surface area (Å²) in [6, 6.07) is 10.4. The molecule has 1 saturated heterocycles. The number of hydrogen-bond donors (Lipinski definition) is 1. The van der Waals surface area contributed by atoms with E-state index in [1.165, 1.54) is 0 Å². The Balaban J connectivity index is 1.56. The number of hydrogen-bond acceptors (Lipinski definition) is 5. The Morgan fingerprint density at radius 3 is 2.55 bits per heavy atom. The van der Waals surface area contributed by atoms with Crippen LogP contribution in [0.5, 0.6) is 5.75 Å². The molecule has 1 fully saturated rings. The highest BCUT2D eigenvalue weighted by molar-refractivity contribution is 7.92. The predicted molar refractivity (Wildman–Crippen MR) is 118 cm³/mol. The summed E-state index contributed by atoms with van der Waals surface area (Å²) >= 11 is 0. The zero-order valence-corrected chi connectivity index (χ0v) is 18.5. The van der Waals surface area contributed by atoms with E-state index in [1.54, 1.807) is 48.9 Å².